The monoisotopic (exact) mass is 363 g/mol. The lowest BCUT2D eigenvalue weighted by Crippen LogP contribution is -2.49. The summed E-state index contributed by atoms with van der Waals surface area (Å²) in [6.07, 6.45) is 4.39. The van der Waals surface area contributed by atoms with E-state index < -0.39 is 0 Å². The molecule has 3 rings (SSSR count). The highest BCUT2D eigenvalue weighted by Crippen LogP contribution is 2.05. The molecule has 1 amide bonds. The molecule has 0 radical (unpaired) electrons. The van der Waals surface area contributed by atoms with Crippen LogP contribution in [-0.4, -0.2) is 55.0 Å². The normalized spacial score (nSPS) is 15.9. The highest BCUT2D eigenvalue weighted by atomic mass is 16.2. The molecule has 4 nitrogen and oxygen atoms in total. The first-order valence-corrected chi connectivity index (χ1v) is 9.67. The van der Waals surface area contributed by atoms with E-state index in [1.165, 1.54) is 11.1 Å². The lowest BCUT2D eigenvalue weighted by Gasteiger charge is -2.33. The molecular formula is C23H29N3O. The number of aryl methyl sites for hydroxylation is 1. The summed E-state index contributed by atoms with van der Waals surface area (Å²) in [6, 6.07) is 18.6. The minimum absolute atomic E-state index is 0.105. The van der Waals surface area contributed by atoms with Crippen molar-refractivity contribution in [3.63, 3.8) is 0 Å². The van der Waals surface area contributed by atoms with Gasteiger partial charge in [-0.25, -0.2) is 0 Å². The first kappa shape index (κ1) is 19.3. The fourth-order valence-electron chi connectivity index (χ4n) is 3.31. The minimum atomic E-state index is 0.105. The van der Waals surface area contributed by atoms with E-state index in [-0.39, 0.29) is 5.91 Å². The zero-order valence-corrected chi connectivity index (χ0v) is 16.1. The van der Waals surface area contributed by atoms with Crippen LogP contribution in [-0.2, 0) is 11.3 Å². The zero-order valence-electron chi connectivity index (χ0n) is 16.1. The molecule has 0 bridgehead atoms. The standard InChI is InChI=1S/C23H29N3O/c1-20-7-5-10-22(17-20)18-24-23(27)19-26-15-13-25(14-16-26)12-6-11-21-8-3-2-4-9-21/h2-11,17H,12-16,18-19H2,1H3,(H,24,27)/b11-6+. The molecule has 2 aromatic rings. The topological polar surface area (TPSA) is 35.6 Å². The van der Waals surface area contributed by atoms with E-state index in [0.717, 1.165) is 38.3 Å². The predicted octanol–water partition coefficient (Wildman–Crippen LogP) is 2.94. The van der Waals surface area contributed by atoms with Crippen LogP contribution in [0, 0.1) is 6.92 Å². The van der Waals surface area contributed by atoms with Crippen molar-refractivity contribution >= 4 is 12.0 Å². The highest BCUT2D eigenvalue weighted by molar-refractivity contribution is 5.78. The van der Waals surface area contributed by atoms with Gasteiger partial charge in [0.1, 0.15) is 0 Å². The van der Waals surface area contributed by atoms with Crippen molar-refractivity contribution in [2.24, 2.45) is 0 Å². The van der Waals surface area contributed by atoms with E-state index in [9.17, 15) is 4.79 Å². The summed E-state index contributed by atoms with van der Waals surface area (Å²) in [5.74, 6) is 0.105. The van der Waals surface area contributed by atoms with Gasteiger partial charge < -0.3 is 5.32 Å². The van der Waals surface area contributed by atoms with Crippen molar-refractivity contribution in [2.45, 2.75) is 13.5 Å². The quantitative estimate of drug-likeness (QED) is 0.822. The lowest BCUT2D eigenvalue weighted by molar-refractivity contribution is -0.122. The molecule has 0 aromatic heterocycles. The molecule has 27 heavy (non-hydrogen) atoms. The van der Waals surface area contributed by atoms with Crippen molar-refractivity contribution in [1.29, 1.82) is 0 Å². The Morgan fingerprint density at radius 2 is 1.74 bits per heavy atom. The Morgan fingerprint density at radius 3 is 2.48 bits per heavy atom. The molecule has 0 unspecified atom stereocenters. The van der Waals surface area contributed by atoms with Crippen molar-refractivity contribution in [3.8, 4) is 0 Å². The van der Waals surface area contributed by atoms with Gasteiger partial charge in [0, 0.05) is 39.3 Å². The third kappa shape index (κ3) is 6.66. The van der Waals surface area contributed by atoms with Gasteiger partial charge in [0.25, 0.3) is 0 Å². The molecule has 1 saturated heterocycles. The number of nitrogens with one attached hydrogen (secondary N) is 1. The largest absolute Gasteiger partial charge is 0.351 e. The van der Waals surface area contributed by atoms with Crippen LogP contribution in [0.5, 0.6) is 0 Å². The summed E-state index contributed by atoms with van der Waals surface area (Å²) < 4.78 is 0. The van der Waals surface area contributed by atoms with Crippen LogP contribution in [0.3, 0.4) is 0 Å². The molecule has 142 valence electrons. The van der Waals surface area contributed by atoms with Gasteiger partial charge in [-0.1, -0.05) is 72.3 Å². The third-order valence-corrected chi connectivity index (χ3v) is 4.88. The molecule has 0 aliphatic carbocycles. The molecule has 1 fully saturated rings. The Labute approximate surface area is 162 Å². The van der Waals surface area contributed by atoms with E-state index in [2.05, 4.69) is 76.7 Å². The number of piperazine rings is 1. The first-order chi connectivity index (χ1) is 13.2. The maximum Gasteiger partial charge on any atom is 0.234 e. The van der Waals surface area contributed by atoms with Gasteiger partial charge in [-0.15, -0.1) is 0 Å². The number of amides is 1. The Balaban J connectivity index is 1.34. The predicted molar refractivity (Wildman–Crippen MR) is 111 cm³/mol. The highest BCUT2D eigenvalue weighted by Gasteiger charge is 2.17. The summed E-state index contributed by atoms with van der Waals surface area (Å²) in [6.45, 7) is 8.01. The van der Waals surface area contributed by atoms with Crippen LogP contribution >= 0.6 is 0 Å². The number of hydrogen-bond acceptors (Lipinski definition) is 3. The maximum atomic E-state index is 12.2. The van der Waals surface area contributed by atoms with Crippen molar-refractivity contribution in [2.75, 3.05) is 39.3 Å². The third-order valence-electron chi connectivity index (χ3n) is 4.88. The van der Waals surface area contributed by atoms with Crippen LogP contribution in [0.25, 0.3) is 6.08 Å². The van der Waals surface area contributed by atoms with Crippen molar-refractivity contribution < 1.29 is 4.79 Å². The Bertz CT molecular complexity index is 749. The van der Waals surface area contributed by atoms with Gasteiger partial charge in [-0.05, 0) is 18.1 Å². The Kier molecular flexibility index (Phi) is 7.19. The van der Waals surface area contributed by atoms with Gasteiger partial charge in [0.05, 0.1) is 6.54 Å². The maximum absolute atomic E-state index is 12.2. The van der Waals surface area contributed by atoms with Crippen LogP contribution in [0.1, 0.15) is 16.7 Å². The SMILES string of the molecule is Cc1cccc(CNC(=O)CN2CCN(C/C=C/c3ccccc3)CC2)c1. The number of carbonyl (C=O) groups excluding carboxylic acids is 1. The molecule has 1 heterocycles. The average molecular weight is 364 g/mol. The molecule has 4 heteroatoms. The van der Waals surface area contributed by atoms with Crippen molar-refractivity contribution in [3.05, 3.63) is 77.4 Å². The van der Waals surface area contributed by atoms with E-state index in [1.54, 1.807) is 0 Å². The number of hydrogen-bond donors (Lipinski definition) is 1. The van der Waals surface area contributed by atoms with Crippen LogP contribution in [0.2, 0.25) is 0 Å². The molecule has 1 aliphatic heterocycles. The molecular weight excluding hydrogens is 334 g/mol. The molecule has 0 saturated carbocycles. The number of benzene rings is 2. The average Bonchev–Trinajstić information content (AvgIpc) is 2.69. The number of carbonyl (C=O) groups is 1. The smallest absolute Gasteiger partial charge is 0.234 e. The van der Waals surface area contributed by atoms with Crippen LogP contribution < -0.4 is 5.32 Å². The zero-order chi connectivity index (χ0) is 18.9. The molecule has 1 aliphatic rings. The summed E-state index contributed by atoms with van der Waals surface area (Å²) in [5.41, 5.74) is 3.61. The lowest BCUT2D eigenvalue weighted by atomic mass is 10.1. The second-order valence-electron chi connectivity index (χ2n) is 7.16. The van der Waals surface area contributed by atoms with E-state index in [0.29, 0.717) is 13.1 Å². The van der Waals surface area contributed by atoms with Crippen LogP contribution in [0.4, 0.5) is 0 Å². The Morgan fingerprint density at radius 1 is 1.00 bits per heavy atom. The summed E-state index contributed by atoms with van der Waals surface area (Å²) in [4.78, 5) is 16.9. The first-order valence-electron chi connectivity index (χ1n) is 9.67. The number of nitrogens with zero attached hydrogens (tertiary/aromatic N) is 2. The molecule has 1 N–H and O–H groups in total. The van der Waals surface area contributed by atoms with Gasteiger partial charge >= 0.3 is 0 Å². The summed E-state index contributed by atoms with van der Waals surface area (Å²) >= 11 is 0. The fraction of sp³-hybridized carbons (Fsp3) is 0.348. The van der Waals surface area contributed by atoms with Gasteiger partial charge in [-0.2, -0.15) is 0 Å². The molecule has 0 atom stereocenters. The summed E-state index contributed by atoms with van der Waals surface area (Å²) in [7, 11) is 0. The van der Waals surface area contributed by atoms with Gasteiger partial charge in [0.2, 0.25) is 5.91 Å². The van der Waals surface area contributed by atoms with Gasteiger partial charge in [0.15, 0.2) is 0 Å². The fourth-order valence-corrected chi connectivity index (χ4v) is 3.31. The van der Waals surface area contributed by atoms with E-state index in [1.807, 2.05) is 12.1 Å². The van der Waals surface area contributed by atoms with E-state index in [4.69, 9.17) is 0 Å². The second-order valence-corrected chi connectivity index (χ2v) is 7.16. The van der Waals surface area contributed by atoms with Crippen molar-refractivity contribution in [1.82, 2.24) is 15.1 Å². The molecule has 2 aromatic carbocycles. The number of rotatable bonds is 7. The van der Waals surface area contributed by atoms with Gasteiger partial charge in [-0.3, -0.25) is 14.6 Å². The summed E-state index contributed by atoms with van der Waals surface area (Å²) in [5, 5.41) is 3.03. The second kappa shape index (κ2) is 10.0. The van der Waals surface area contributed by atoms with E-state index >= 15 is 0 Å². The van der Waals surface area contributed by atoms with Crippen LogP contribution in [0.15, 0.2) is 60.7 Å². The minimum Gasteiger partial charge on any atom is -0.351 e. The molecule has 0 spiro atoms. The Hall–Kier alpha value is -2.43.